The molecule has 0 bridgehead atoms. The van der Waals surface area contributed by atoms with Gasteiger partial charge in [0.25, 0.3) is 10.0 Å². The number of hydrogen-bond acceptors (Lipinski definition) is 6. The van der Waals surface area contributed by atoms with Crippen LogP contribution >= 0.6 is 0 Å². The number of carbonyl (C=O) groups excluding carboxylic acids is 2. The topological polar surface area (TPSA) is 163 Å². The average molecular weight is 552 g/mol. The van der Waals surface area contributed by atoms with Crippen LogP contribution < -0.4 is 21.1 Å². The zero-order chi connectivity index (χ0) is 28.4. The monoisotopic (exact) mass is 551 g/mol. The zero-order valence-electron chi connectivity index (χ0n) is 21.8. The summed E-state index contributed by atoms with van der Waals surface area (Å²) in [4.78, 5) is 25.7. The van der Waals surface area contributed by atoms with Crippen LogP contribution in [0.15, 0.2) is 83.8 Å². The highest BCUT2D eigenvalue weighted by Gasteiger charge is 2.25. The Balaban J connectivity index is 1.87. The number of nitrogens with two attached hydrogens (primary N) is 1. The molecule has 6 N–H and O–H groups in total. The van der Waals surface area contributed by atoms with E-state index in [0.29, 0.717) is 17.7 Å². The van der Waals surface area contributed by atoms with Crippen molar-refractivity contribution in [3.8, 4) is 0 Å². The summed E-state index contributed by atoms with van der Waals surface area (Å²) in [5.41, 5.74) is 7.33. The Hall–Kier alpha value is -4.38. The van der Waals surface area contributed by atoms with Crippen molar-refractivity contribution in [2.24, 2.45) is 5.73 Å². The maximum absolute atomic E-state index is 13.3. The number of hydrogen-bond donors (Lipinski definition) is 5. The Morgan fingerprint density at radius 1 is 0.923 bits per heavy atom. The maximum atomic E-state index is 13.3. The Labute approximate surface area is 228 Å². The molecule has 10 nitrogen and oxygen atoms in total. The molecule has 11 heteroatoms. The molecule has 3 aromatic rings. The summed E-state index contributed by atoms with van der Waals surface area (Å²) in [5, 5.41) is 12.9. The third-order valence-corrected chi connectivity index (χ3v) is 7.26. The molecular weight excluding hydrogens is 518 g/mol. The van der Waals surface area contributed by atoms with Gasteiger partial charge in [-0.05, 0) is 54.8 Å². The van der Waals surface area contributed by atoms with Crippen molar-refractivity contribution in [1.82, 2.24) is 5.32 Å². The first-order valence-corrected chi connectivity index (χ1v) is 14.0. The van der Waals surface area contributed by atoms with Gasteiger partial charge in [0.2, 0.25) is 5.91 Å². The average Bonchev–Trinajstić information content (AvgIpc) is 2.89. The lowest BCUT2D eigenvalue weighted by Crippen LogP contribution is -2.34. The Morgan fingerprint density at radius 3 is 2.26 bits per heavy atom. The molecule has 0 aliphatic carbocycles. The van der Waals surface area contributed by atoms with Gasteiger partial charge in [-0.15, -0.1) is 0 Å². The lowest BCUT2D eigenvalue weighted by molar-refractivity contribution is -0.143. The SMILES string of the molecule is CCOC(=O)CC(NC(=O)C(CC)c1ccccc1)c1cccc(NS(=O)(=O)c2cccc(NC(=N)N)c2)c1. The number of benzene rings is 3. The highest BCUT2D eigenvalue weighted by molar-refractivity contribution is 7.92. The van der Waals surface area contributed by atoms with Gasteiger partial charge in [-0.1, -0.05) is 55.5 Å². The second-order valence-corrected chi connectivity index (χ2v) is 10.4. The van der Waals surface area contributed by atoms with Crippen molar-refractivity contribution in [2.45, 2.75) is 43.5 Å². The molecule has 0 aliphatic rings. The van der Waals surface area contributed by atoms with Gasteiger partial charge in [0.15, 0.2) is 5.96 Å². The van der Waals surface area contributed by atoms with E-state index in [1.165, 1.54) is 18.2 Å². The number of carbonyl (C=O) groups is 2. The minimum Gasteiger partial charge on any atom is -0.466 e. The smallest absolute Gasteiger partial charge is 0.308 e. The van der Waals surface area contributed by atoms with Gasteiger partial charge in [-0.3, -0.25) is 19.7 Å². The fourth-order valence-corrected chi connectivity index (χ4v) is 5.19. The summed E-state index contributed by atoms with van der Waals surface area (Å²) in [6, 6.07) is 21.0. The van der Waals surface area contributed by atoms with Crippen molar-refractivity contribution >= 4 is 39.2 Å². The maximum Gasteiger partial charge on any atom is 0.308 e. The zero-order valence-corrected chi connectivity index (χ0v) is 22.6. The van der Waals surface area contributed by atoms with E-state index in [1.807, 2.05) is 37.3 Å². The number of sulfonamides is 1. The molecule has 0 heterocycles. The number of esters is 1. The fraction of sp³-hybridized carbons (Fsp3) is 0.250. The van der Waals surface area contributed by atoms with E-state index in [9.17, 15) is 18.0 Å². The standard InChI is InChI=1S/C28H33N5O5S/c1-3-24(19-10-6-5-7-11-19)27(35)32-25(18-26(34)38-4-2)20-12-8-14-22(16-20)33-39(36,37)23-15-9-13-21(17-23)31-28(29)30/h5-17,24-25,33H,3-4,18H2,1-2H3,(H,32,35)(H4,29,30,31). The van der Waals surface area contributed by atoms with E-state index >= 15 is 0 Å². The predicted molar refractivity (Wildman–Crippen MR) is 151 cm³/mol. The lowest BCUT2D eigenvalue weighted by Gasteiger charge is -2.23. The van der Waals surface area contributed by atoms with Gasteiger partial charge in [-0.2, -0.15) is 0 Å². The lowest BCUT2D eigenvalue weighted by atomic mass is 9.94. The Kier molecular flexibility index (Phi) is 10.0. The molecule has 3 rings (SSSR count). The predicted octanol–water partition coefficient (Wildman–Crippen LogP) is 4.10. The van der Waals surface area contributed by atoms with Gasteiger partial charge in [0.05, 0.1) is 29.9 Å². The molecule has 206 valence electrons. The van der Waals surface area contributed by atoms with Crippen LogP contribution in [0.25, 0.3) is 0 Å². The number of ether oxygens (including phenoxy) is 1. The highest BCUT2D eigenvalue weighted by Crippen LogP contribution is 2.26. The normalized spacial score (nSPS) is 12.6. The van der Waals surface area contributed by atoms with Crippen molar-refractivity contribution in [1.29, 1.82) is 5.41 Å². The van der Waals surface area contributed by atoms with Crippen molar-refractivity contribution in [3.63, 3.8) is 0 Å². The van der Waals surface area contributed by atoms with Gasteiger partial charge in [-0.25, -0.2) is 8.42 Å². The van der Waals surface area contributed by atoms with Crippen molar-refractivity contribution in [3.05, 3.63) is 90.0 Å². The van der Waals surface area contributed by atoms with Crippen molar-refractivity contribution in [2.75, 3.05) is 16.6 Å². The molecule has 0 fully saturated rings. The van der Waals surface area contributed by atoms with Gasteiger partial charge in [0.1, 0.15) is 0 Å². The number of anilines is 2. The van der Waals surface area contributed by atoms with Gasteiger partial charge < -0.3 is 21.1 Å². The van der Waals surface area contributed by atoms with E-state index in [1.54, 1.807) is 37.3 Å². The summed E-state index contributed by atoms with van der Waals surface area (Å²) < 4.78 is 33.8. The minimum absolute atomic E-state index is 0.0378. The molecule has 0 saturated heterocycles. The van der Waals surface area contributed by atoms with E-state index < -0.39 is 28.0 Å². The van der Waals surface area contributed by atoms with Crippen LogP contribution in [0.2, 0.25) is 0 Å². The highest BCUT2D eigenvalue weighted by atomic mass is 32.2. The van der Waals surface area contributed by atoms with Crippen molar-refractivity contribution < 1.29 is 22.7 Å². The second-order valence-electron chi connectivity index (χ2n) is 8.74. The van der Waals surface area contributed by atoms with Crippen LogP contribution in [0, 0.1) is 5.41 Å². The first-order chi connectivity index (χ1) is 18.6. The van der Waals surface area contributed by atoms with Crippen LogP contribution in [0.5, 0.6) is 0 Å². The number of rotatable bonds is 12. The van der Waals surface area contributed by atoms with Gasteiger partial charge in [0, 0.05) is 11.4 Å². The van der Waals surface area contributed by atoms with Crippen LogP contribution in [0.4, 0.5) is 11.4 Å². The quantitative estimate of drug-likeness (QED) is 0.128. The molecule has 1 amide bonds. The molecule has 39 heavy (non-hydrogen) atoms. The molecule has 2 unspecified atom stereocenters. The Morgan fingerprint density at radius 2 is 1.59 bits per heavy atom. The van der Waals surface area contributed by atoms with Gasteiger partial charge >= 0.3 is 5.97 Å². The second kappa shape index (κ2) is 13.4. The van der Waals surface area contributed by atoms with Crippen LogP contribution in [-0.4, -0.2) is 32.9 Å². The van der Waals surface area contributed by atoms with E-state index in [-0.39, 0.29) is 35.5 Å². The fourth-order valence-electron chi connectivity index (χ4n) is 4.10. The van der Waals surface area contributed by atoms with E-state index in [4.69, 9.17) is 15.9 Å². The van der Waals surface area contributed by atoms with E-state index in [0.717, 1.165) is 5.56 Å². The molecule has 0 spiro atoms. The molecule has 0 aromatic heterocycles. The van der Waals surface area contributed by atoms with Crippen LogP contribution in [0.1, 0.15) is 49.8 Å². The summed E-state index contributed by atoms with van der Waals surface area (Å²) >= 11 is 0. The van der Waals surface area contributed by atoms with E-state index in [2.05, 4.69) is 15.4 Å². The first-order valence-electron chi connectivity index (χ1n) is 12.5. The number of amides is 1. The molecule has 0 aliphatic heterocycles. The summed E-state index contributed by atoms with van der Waals surface area (Å²) in [7, 11) is -4.00. The molecule has 2 atom stereocenters. The third kappa shape index (κ3) is 8.30. The third-order valence-electron chi connectivity index (χ3n) is 5.88. The van der Waals surface area contributed by atoms with Crippen LogP contribution in [0.3, 0.4) is 0 Å². The van der Waals surface area contributed by atoms with Crippen LogP contribution in [-0.2, 0) is 24.3 Å². The molecule has 0 saturated carbocycles. The largest absolute Gasteiger partial charge is 0.466 e. The summed E-state index contributed by atoms with van der Waals surface area (Å²) in [6.45, 7) is 3.80. The minimum atomic E-state index is -4.00. The number of guanidine groups is 1. The summed E-state index contributed by atoms with van der Waals surface area (Å²) in [5.74, 6) is -1.49. The number of nitrogens with one attached hydrogen (secondary N) is 4. The molecule has 0 radical (unpaired) electrons. The first kappa shape index (κ1) is 29.2. The Bertz CT molecular complexity index is 1410. The molecule has 3 aromatic carbocycles. The summed E-state index contributed by atoms with van der Waals surface area (Å²) in [6.07, 6.45) is 0.430. The molecular formula is C28H33N5O5S.